The maximum absolute atomic E-state index is 13.8. The normalized spacial score (nSPS) is 16.2. The summed E-state index contributed by atoms with van der Waals surface area (Å²) in [6, 6.07) is 5.19. The van der Waals surface area contributed by atoms with Crippen molar-refractivity contribution in [2.45, 2.75) is 31.7 Å². The molecule has 100 valence electrons. The molecule has 1 aromatic heterocycles. The van der Waals surface area contributed by atoms with Gasteiger partial charge in [-0.15, -0.1) is 11.3 Å². The van der Waals surface area contributed by atoms with Crippen LogP contribution in [0, 0.1) is 11.6 Å². The fraction of sp³-hybridized carbons (Fsp3) is 0.333. The van der Waals surface area contributed by atoms with E-state index >= 15 is 0 Å². The molecule has 1 aliphatic carbocycles. The molecule has 0 aliphatic heterocycles. The lowest BCUT2D eigenvalue weighted by molar-refractivity contribution is 0.545. The minimum Gasteiger partial charge on any atom is -0.319 e. The van der Waals surface area contributed by atoms with Gasteiger partial charge in [0.15, 0.2) is 0 Å². The number of hydrogen-bond donors (Lipinski definition) is 1. The fourth-order valence-electron chi connectivity index (χ4n) is 2.62. The highest BCUT2D eigenvalue weighted by Gasteiger charge is 2.22. The summed E-state index contributed by atoms with van der Waals surface area (Å²) in [7, 11) is 0. The molecular weight excluding hydrogens is 264 g/mol. The SMILES string of the molecule is NC(c1cc2c(s1)CCCC2)c1c(F)cccc1F. The summed E-state index contributed by atoms with van der Waals surface area (Å²) in [5.41, 5.74) is 7.34. The minimum absolute atomic E-state index is 0.0268. The van der Waals surface area contributed by atoms with Crippen LogP contribution in [0.15, 0.2) is 24.3 Å². The van der Waals surface area contributed by atoms with Gasteiger partial charge in [0.2, 0.25) is 0 Å². The summed E-state index contributed by atoms with van der Waals surface area (Å²) in [5, 5.41) is 0. The lowest BCUT2D eigenvalue weighted by atomic mass is 9.98. The largest absolute Gasteiger partial charge is 0.319 e. The Bertz CT molecular complexity index is 562. The van der Waals surface area contributed by atoms with Crippen molar-refractivity contribution in [3.8, 4) is 0 Å². The molecule has 0 bridgehead atoms. The highest BCUT2D eigenvalue weighted by atomic mass is 32.1. The van der Waals surface area contributed by atoms with Crippen LogP contribution in [0.1, 0.15) is 39.8 Å². The second kappa shape index (κ2) is 5.02. The Kier molecular flexibility index (Phi) is 3.37. The van der Waals surface area contributed by atoms with Crippen LogP contribution in [0.5, 0.6) is 0 Å². The van der Waals surface area contributed by atoms with E-state index in [1.807, 2.05) is 6.07 Å². The molecule has 2 N–H and O–H groups in total. The van der Waals surface area contributed by atoms with Gasteiger partial charge in [-0.05, 0) is 49.4 Å². The summed E-state index contributed by atoms with van der Waals surface area (Å²) < 4.78 is 27.5. The van der Waals surface area contributed by atoms with Crippen LogP contribution < -0.4 is 5.73 Å². The van der Waals surface area contributed by atoms with Crippen LogP contribution in [0.2, 0.25) is 0 Å². The number of aryl methyl sites for hydroxylation is 2. The van der Waals surface area contributed by atoms with Crippen molar-refractivity contribution < 1.29 is 8.78 Å². The number of benzene rings is 1. The Hall–Kier alpha value is -1.26. The molecule has 0 fully saturated rings. The van der Waals surface area contributed by atoms with Crippen molar-refractivity contribution in [1.29, 1.82) is 0 Å². The second-order valence-electron chi connectivity index (χ2n) is 4.92. The third-order valence-electron chi connectivity index (χ3n) is 3.63. The molecule has 1 unspecified atom stereocenters. The maximum atomic E-state index is 13.8. The van der Waals surface area contributed by atoms with Crippen molar-refractivity contribution in [3.63, 3.8) is 0 Å². The fourth-order valence-corrected chi connectivity index (χ4v) is 3.89. The van der Waals surface area contributed by atoms with Crippen LogP contribution in [-0.2, 0) is 12.8 Å². The van der Waals surface area contributed by atoms with Crippen LogP contribution in [0.4, 0.5) is 8.78 Å². The molecule has 19 heavy (non-hydrogen) atoms. The summed E-state index contributed by atoms with van der Waals surface area (Å²) >= 11 is 1.60. The van der Waals surface area contributed by atoms with E-state index in [1.54, 1.807) is 11.3 Å². The Morgan fingerprint density at radius 1 is 1.11 bits per heavy atom. The molecule has 3 rings (SSSR count). The van der Waals surface area contributed by atoms with Crippen LogP contribution >= 0.6 is 11.3 Å². The molecule has 2 aromatic rings. The van der Waals surface area contributed by atoms with E-state index in [-0.39, 0.29) is 5.56 Å². The molecule has 0 amide bonds. The van der Waals surface area contributed by atoms with Crippen LogP contribution in [-0.4, -0.2) is 0 Å². The average molecular weight is 279 g/mol. The molecule has 1 aliphatic rings. The topological polar surface area (TPSA) is 26.0 Å². The van der Waals surface area contributed by atoms with Crippen molar-refractivity contribution >= 4 is 11.3 Å². The van der Waals surface area contributed by atoms with Gasteiger partial charge in [0, 0.05) is 15.3 Å². The summed E-state index contributed by atoms with van der Waals surface area (Å²) in [5.74, 6) is -1.14. The number of fused-ring (bicyclic) bond motifs is 1. The zero-order chi connectivity index (χ0) is 13.4. The Labute approximate surface area is 115 Å². The Morgan fingerprint density at radius 2 is 1.79 bits per heavy atom. The highest BCUT2D eigenvalue weighted by molar-refractivity contribution is 7.12. The highest BCUT2D eigenvalue weighted by Crippen LogP contribution is 2.35. The first kappa shape index (κ1) is 12.8. The lowest BCUT2D eigenvalue weighted by Crippen LogP contribution is -2.14. The third-order valence-corrected chi connectivity index (χ3v) is 4.95. The summed E-state index contributed by atoms with van der Waals surface area (Å²) in [4.78, 5) is 2.18. The summed E-state index contributed by atoms with van der Waals surface area (Å²) in [6.45, 7) is 0. The smallest absolute Gasteiger partial charge is 0.131 e. The third kappa shape index (κ3) is 2.30. The molecule has 0 saturated carbocycles. The predicted molar refractivity (Wildman–Crippen MR) is 73.3 cm³/mol. The van der Waals surface area contributed by atoms with Crippen LogP contribution in [0.25, 0.3) is 0 Å². The molecule has 0 radical (unpaired) electrons. The van der Waals surface area contributed by atoms with Gasteiger partial charge in [-0.1, -0.05) is 6.07 Å². The zero-order valence-corrected chi connectivity index (χ0v) is 11.3. The Morgan fingerprint density at radius 3 is 2.47 bits per heavy atom. The monoisotopic (exact) mass is 279 g/mol. The molecule has 1 nitrogen and oxygen atoms in total. The van der Waals surface area contributed by atoms with Crippen molar-refractivity contribution in [2.75, 3.05) is 0 Å². The van der Waals surface area contributed by atoms with Gasteiger partial charge in [0.1, 0.15) is 11.6 Å². The minimum atomic E-state index is -0.711. The molecule has 1 heterocycles. The molecular formula is C15H15F2NS. The van der Waals surface area contributed by atoms with E-state index in [4.69, 9.17) is 5.73 Å². The van der Waals surface area contributed by atoms with E-state index in [0.717, 1.165) is 17.7 Å². The average Bonchev–Trinajstić information content (AvgIpc) is 2.82. The number of hydrogen-bond acceptors (Lipinski definition) is 2. The van der Waals surface area contributed by atoms with Gasteiger partial charge < -0.3 is 5.73 Å². The standard InChI is InChI=1S/C15H15F2NS/c16-10-5-3-6-11(17)14(10)15(18)13-8-9-4-1-2-7-12(9)19-13/h3,5-6,8,15H,1-2,4,7,18H2. The first-order valence-corrected chi connectivity index (χ1v) is 7.29. The second-order valence-corrected chi connectivity index (χ2v) is 6.09. The molecule has 4 heteroatoms. The quantitative estimate of drug-likeness (QED) is 0.885. The molecule has 1 aromatic carbocycles. The van der Waals surface area contributed by atoms with Crippen molar-refractivity contribution in [3.05, 3.63) is 56.8 Å². The van der Waals surface area contributed by atoms with Crippen molar-refractivity contribution in [1.82, 2.24) is 0 Å². The molecule has 1 atom stereocenters. The number of nitrogens with two attached hydrogens (primary N) is 1. The summed E-state index contributed by atoms with van der Waals surface area (Å²) in [6.07, 6.45) is 4.49. The van der Waals surface area contributed by atoms with Crippen LogP contribution in [0.3, 0.4) is 0 Å². The zero-order valence-electron chi connectivity index (χ0n) is 10.5. The van der Waals surface area contributed by atoms with E-state index in [1.165, 1.54) is 41.5 Å². The van der Waals surface area contributed by atoms with E-state index < -0.39 is 17.7 Å². The van der Waals surface area contributed by atoms with Gasteiger partial charge in [0.25, 0.3) is 0 Å². The molecule has 0 spiro atoms. The first-order valence-electron chi connectivity index (χ1n) is 6.48. The lowest BCUT2D eigenvalue weighted by Gasteiger charge is -2.12. The van der Waals surface area contributed by atoms with Crippen molar-refractivity contribution in [2.24, 2.45) is 5.73 Å². The number of rotatable bonds is 2. The van der Waals surface area contributed by atoms with E-state index in [2.05, 4.69) is 0 Å². The maximum Gasteiger partial charge on any atom is 0.131 e. The van der Waals surface area contributed by atoms with Gasteiger partial charge in [-0.25, -0.2) is 8.78 Å². The van der Waals surface area contributed by atoms with Gasteiger partial charge in [-0.2, -0.15) is 0 Å². The van der Waals surface area contributed by atoms with E-state index in [9.17, 15) is 8.78 Å². The van der Waals surface area contributed by atoms with Gasteiger partial charge in [-0.3, -0.25) is 0 Å². The van der Waals surface area contributed by atoms with E-state index in [0.29, 0.717) is 0 Å². The number of thiophene rings is 1. The van der Waals surface area contributed by atoms with Gasteiger partial charge in [0.05, 0.1) is 6.04 Å². The predicted octanol–water partition coefficient (Wildman–Crippen LogP) is 3.95. The Balaban J connectivity index is 1.99. The molecule has 0 saturated heterocycles. The number of halogens is 2. The van der Waals surface area contributed by atoms with Gasteiger partial charge >= 0.3 is 0 Å². The first-order chi connectivity index (χ1) is 9.16.